The Labute approximate surface area is 437 Å². The predicted molar refractivity (Wildman–Crippen MR) is 299 cm³/mol. The predicted octanol–water partition coefficient (Wildman–Crippen LogP) is 15.3. The van der Waals surface area contributed by atoms with E-state index in [2.05, 4.69) is 55.6 Å². The number of carbonyl (C=O) groups is 1. The molecule has 9 heteroatoms. The lowest BCUT2D eigenvalue weighted by atomic mass is 9.99. The van der Waals surface area contributed by atoms with E-state index in [0.29, 0.717) is 6.42 Å². The van der Waals surface area contributed by atoms with Crippen molar-refractivity contribution in [2.24, 2.45) is 0 Å². The number of nitrogens with one attached hydrogen (secondary N) is 1. The standard InChI is InChI=1S/C62H115NO8/c1-3-5-7-9-11-13-15-17-19-21-23-25-26-27-28-29-30-32-34-36-38-40-42-44-46-48-50-52-58(66)63-55(54-70-62-61(69)60(68)59(67)57(53-64)71-62)56(65)51-49-47-45-43-41-39-37-35-33-31-24-22-20-18-16-14-12-10-8-6-4-2/h15,17,21,23,26-27,49,51,55-57,59-62,64-65,67-69H,3-14,16,18-20,22,24-25,28-48,50,52-54H2,1-2H3,(H,63,66)/b17-15-,23-21-,27-26-,51-49+. The van der Waals surface area contributed by atoms with Crippen LogP contribution in [0.5, 0.6) is 0 Å². The Morgan fingerprint density at radius 1 is 0.479 bits per heavy atom. The molecule has 7 atom stereocenters. The van der Waals surface area contributed by atoms with E-state index < -0.39 is 49.5 Å². The van der Waals surface area contributed by atoms with E-state index >= 15 is 0 Å². The van der Waals surface area contributed by atoms with Crippen molar-refractivity contribution >= 4 is 5.91 Å². The van der Waals surface area contributed by atoms with Crippen molar-refractivity contribution in [2.45, 2.75) is 326 Å². The molecule has 1 aliphatic heterocycles. The van der Waals surface area contributed by atoms with Crippen LogP contribution in [0.1, 0.15) is 284 Å². The van der Waals surface area contributed by atoms with Crippen LogP contribution in [0.2, 0.25) is 0 Å². The van der Waals surface area contributed by atoms with Gasteiger partial charge in [-0.15, -0.1) is 0 Å². The highest BCUT2D eigenvalue weighted by molar-refractivity contribution is 5.76. The third kappa shape index (κ3) is 41.1. The van der Waals surface area contributed by atoms with Gasteiger partial charge in [0, 0.05) is 6.42 Å². The summed E-state index contributed by atoms with van der Waals surface area (Å²) in [5, 5.41) is 54.6. The molecule has 0 saturated carbocycles. The van der Waals surface area contributed by atoms with Gasteiger partial charge in [0.15, 0.2) is 6.29 Å². The zero-order valence-corrected chi connectivity index (χ0v) is 46.2. The van der Waals surface area contributed by atoms with Crippen molar-refractivity contribution in [3.8, 4) is 0 Å². The molecule has 1 fully saturated rings. The van der Waals surface area contributed by atoms with Gasteiger partial charge in [0.2, 0.25) is 5.91 Å². The lowest BCUT2D eigenvalue weighted by Crippen LogP contribution is -2.60. The van der Waals surface area contributed by atoms with Crippen LogP contribution < -0.4 is 5.32 Å². The van der Waals surface area contributed by atoms with Crippen LogP contribution in [0.25, 0.3) is 0 Å². The molecule has 71 heavy (non-hydrogen) atoms. The molecule has 9 nitrogen and oxygen atoms in total. The van der Waals surface area contributed by atoms with Crippen LogP contribution >= 0.6 is 0 Å². The van der Waals surface area contributed by atoms with Gasteiger partial charge in [0.05, 0.1) is 25.4 Å². The van der Waals surface area contributed by atoms with Gasteiger partial charge in [-0.3, -0.25) is 4.79 Å². The maximum absolute atomic E-state index is 13.1. The van der Waals surface area contributed by atoms with E-state index in [4.69, 9.17) is 9.47 Å². The summed E-state index contributed by atoms with van der Waals surface area (Å²) in [5.74, 6) is -0.177. The SMILES string of the molecule is CCCCCCC/C=C\C/C=C\C/C=C\CCCCCCCCCCCCCCC(=O)NC(COC1OC(CO)C(O)C(O)C1O)C(O)/C=C/CCCCCCCCCCCCCCCCCCCCC. The van der Waals surface area contributed by atoms with Crippen LogP contribution in [-0.2, 0) is 14.3 Å². The van der Waals surface area contributed by atoms with Gasteiger partial charge in [-0.05, 0) is 57.8 Å². The number of allylic oxidation sites excluding steroid dienone is 7. The Hall–Kier alpha value is -1.85. The van der Waals surface area contributed by atoms with Gasteiger partial charge in [-0.1, -0.05) is 268 Å². The minimum absolute atomic E-state index is 0.177. The Balaban J connectivity index is 2.21. The van der Waals surface area contributed by atoms with Crippen LogP contribution in [0, 0.1) is 0 Å². The van der Waals surface area contributed by atoms with Crippen LogP contribution in [0.3, 0.4) is 0 Å². The summed E-state index contributed by atoms with van der Waals surface area (Å²) in [5.41, 5.74) is 0. The van der Waals surface area contributed by atoms with E-state index in [9.17, 15) is 30.3 Å². The van der Waals surface area contributed by atoms with Crippen molar-refractivity contribution in [1.29, 1.82) is 0 Å². The molecule has 0 spiro atoms. The fourth-order valence-electron chi connectivity index (χ4n) is 9.58. The average Bonchev–Trinajstić information content (AvgIpc) is 3.37. The van der Waals surface area contributed by atoms with Gasteiger partial charge in [0.1, 0.15) is 24.4 Å². The summed E-state index contributed by atoms with van der Waals surface area (Å²) in [6, 6.07) is -0.808. The largest absolute Gasteiger partial charge is 0.394 e. The van der Waals surface area contributed by atoms with Gasteiger partial charge < -0.3 is 40.3 Å². The summed E-state index contributed by atoms with van der Waals surface area (Å²) in [6.45, 7) is 3.80. The molecule has 416 valence electrons. The van der Waals surface area contributed by atoms with E-state index in [1.165, 1.54) is 212 Å². The molecule has 0 aromatic heterocycles. The number of rotatable bonds is 52. The van der Waals surface area contributed by atoms with E-state index in [1.807, 2.05) is 6.08 Å². The van der Waals surface area contributed by atoms with Gasteiger partial charge in [-0.2, -0.15) is 0 Å². The Kier molecular flexibility index (Phi) is 48.8. The van der Waals surface area contributed by atoms with Crippen LogP contribution in [0.4, 0.5) is 0 Å². The first kappa shape index (κ1) is 67.2. The fraction of sp³-hybridized carbons (Fsp3) is 0.855. The lowest BCUT2D eigenvalue weighted by molar-refractivity contribution is -0.302. The first-order chi connectivity index (χ1) is 34.8. The topological polar surface area (TPSA) is 149 Å². The Bertz CT molecular complexity index is 1250. The third-order valence-electron chi connectivity index (χ3n) is 14.4. The van der Waals surface area contributed by atoms with Crippen molar-refractivity contribution in [3.63, 3.8) is 0 Å². The van der Waals surface area contributed by atoms with Crippen LogP contribution in [0.15, 0.2) is 48.6 Å². The number of amides is 1. The second-order valence-corrected chi connectivity index (χ2v) is 21.1. The molecule has 0 aromatic carbocycles. The maximum atomic E-state index is 13.1. The summed E-state index contributed by atoms with van der Waals surface area (Å²) < 4.78 is 11.3. The average molecular weight is 1000 g/mol. The summed E-state index contributed by atoms with van der Waals surface area (Å²) in [4.78, 5) is 13.1. The molecule has 7 unspecified atom stereocenters. The Morgan fingerprint density at radius 3 is 1.23 bits per heavy atom. The highest BCUT2D eigenvalue weighted by atomic mass is 16.7. The highest BCUT2D eigenvalue weighted by Gasteiger charge is 2.44. The van der Waals surface area contributed by atoms with E-state index in [0.717, 1.165) is 51.4 Å². The number of carbonyl (C=O) groups excluding carboxylic acids is 1. The lowest BCUT2D eigenvalue weighted by Gasteiger charge is -2.40. The normalized spacial score (nSPS) is 19.6. The second-order valence-electron chi connectivity index (χ2n) is 21.1. The molecule has 1 rings (SSSR count). The van der Waals surface area contributed by atoms with Crippen LogP contribution in [-0.4, -0.2) is 87.5 Å². The first-order valence-corrected chi connectivity index (χ1v) is 30.4. The number of ether oxygens (including phenoxy) is 2. The van der Waals surface area contributed by atoms with Crippen molar-refractivity contribution in [2.75, 3.05) is 13.2 Å². The molecule has 1 saturated heterocycles. The van der Waals surface area contributed by atoms with E-state index in [-0.39, 0.29) is 12.5 Å². The summed E-state index contributed by atoms with van der Waals surface area (Å²) in [6.07, 6.45) is 61.7. The monoisotopic (exact) mass is 1000 g/mol. The number of aliphatic hydroxyl groups is 5. The molecule has 0 bridgehead atoms. The summed E-state index contributed by atoms with van der Waals surface area (Å²) in [7, 11) is 0. The number of unbranched alkanes of at least 4 members (excludes halogenated alkanes) is 36. The quantitative estimate of drug-likeness (QED) is 0.0261. The highest BCUT2D eigenvalue weighted by Crippen LogP contribution is 2.23. The molecule has 1 heterocycles. The molecular weight excluding hydrogens is 887 g/mol. The molecule has 0 aromatic rings. The third-order valence-corrected chi connectivity index (χ3v) is 14.4. The van der Waals surface area contributed by atoms with Gasteiger partial charge in [-0.25, -0.2) is 0 Å². The van der Waals surface area contributed by atoms with Crippen molar-refractivity contribution in [1.82, 2.24) is 5.32 Å². The van der Waals surface area contributed by atoms with Crippen molar-refractivity contribution in [3.05, 3.63) is 48.6 Å². The molecule has 6 N–H and O–H groups in total. The van der Waals surface area contributed by atoms with E-state index in [1.54, 1.807) is 6.08 Å². The van der Waals surface area contributed by atoms with Gasteiger partial charge in [0.25, 0.3) is 0 Å². The molecule has 0 aliphatic carbocycles. The molecule has 0 radical (unpaired) electrons. The number of hydrogen-bond donors (Lipinski definition) is 6. The molecule has 1 aliphatic rings. The minimum Gasteiger partial charge on any atom is -0.394 e. The van der Waals surface area contributed by atoms with Gasteiger partial charge >= 0.3 is 0 Å². The van der Waals surface area contributed by atoms with Crippen molar-refractivity contribution < 1.29 is 39.8 Å². The zero-order valence-electron chi connectivity index (χ0n) is 46.2. The second kappa shape index (κ2) is 51.6. The smallest absolute Gasteiger partial charge is 0.220 e. The number of aliphatic hydroxyl groups excluding tert-OH is 5. The first-order valence-electron chi connectivity index (χ1n) is 30.4. The summed E-state index contributed by atoms with van der Waals surface area (Å²) >= 11 is 0. The maximum Gasteiger partial charge on any atom is 0.220 e. The minimum atomic E-state index is -1.57. The molecule has 1 amide bonds. The molecular formula is C62H115NO8. The Morgan fingerprint density at radius 2 is 0.831 bits per heavy atom. The fourth-order valence-corrected chi connectivity index (χ4v) is 9.58. The number of hydrogen-bond acceptors (Lipinski definition) is 8. The zero-order chi connectivity index (χ0) is 51.5.